The molecule has 3 rings (SSSR count). The summed E-state index contributed by atoms with van der Waals surface area (Å²) in [6.45, 7) is 2.46. The van der Waals surface area contributed by atoms with E-state index in [1.54, 1.807) is 11.0 Å². The van der Waals surface area contributed by atoms with Gasteiger partial charge in [0.05, 0.1) is 6.04 Å². The quantitative estimate of drug-likeness (QED) is 0.882. The summed E-state index contributed by atoms with van der Waals surface area (Å²) in [5.41, 5.74) is 1.96. The Kier molecular flexibility index (Phi) is 4.54. The van der Waals surface area contributed by atoms with Crippen LogP contribution in [0, 0.1) is 0 Å². The number of carbonyl (C=O) groups excluding carboxylic acids is 1. The molecule has 1 N–H and O–H groups in total. The normalized spacial score (nSPS) is 26.9. The number of ether oxygens (including phenoxy) is 1. The predicted molar refractivity (Wildman–Crippen MR) is 85.8 cm³/mol. The van der Waals surface area contributed by atoms with Crippen molar-refractivity contribution in [2.24, 2.45) is 0 Å². The monoisotopic (exact) mass is 357 g/mol. The molecular weight excluding hydrogens is 341 g/mol. The van der Waals surface area contributed by atoms with E-state index in [0.29, 0.717) is 35.9 Å². The molecule has 5 nitrogen and oxygen atoms in total. The number of benzene rings is 1. The summed E-state index contributed by atoms with van der Waals surface area (Å²) in [6.07, 6.45) is -0.129. The fourth-order valence-electron chi connectivity index (χ4n) is 3.34. The second-order valence-corrected chi connectivity index (χ2v) is 6.79. The first kappa shape index (κ1) is 16.6. The third-order valence-electron chi connectivity index (χ3n) is 4.57. The van der Waals surface area contributed by atoms with E-state index in [2.05, 4.69) is 0 Å². The molecule has 2 aliphatic heterocycles. The number of carboxylic acids is 1. The van der Waals surface area contributed by atoms with Gasteiger partial charge >= 0.3 is 5.97 Å². The van der Waals surface area contributed by atoms with Crippen LogP contribution in [0.15, 0.2) is 12.1 Å². The molecule has 2 heterocycles. The van der Waals surface area contributed by atoms with Gasteiger partial charge in [-0.05, 0) is 49.4 Å². The first-order chi connectivity index (χ1) is 10.9. The molecule has 1 unspecified atom stereocenters. The molecule has 0 spiro atoms. The van der Waals surface area contributed by atoms with Crippen LogP contribution in [-0.2, 0) is 20.7 Å². The van der Waals surface area contributed by atoms with Gasteiger partial charge in [0.1, 0.15) is 6.10 Å². The fourth-order valence-corrected chi connectivity index (χ4v) is 3.94. The number of aliphatic carboxylic acids is 1. The number of halogens is 2. The lowest BCUT2D eigenvalue weighted by Crippen LogP contribution is -2.44. The van der Waals surface area contributed by atoms with E-state index < -0.39 is 18.2 Å². The summed E-state index contributed by atoms with van der Waals surface area (Å²) in [5.74, 6) is -1.18. The van der Waals surface area contributed by atoms with Gasteiger partial charge in [0.15, 0.2) is 6.10 Å². The molecule has 1 saturated heterocycles. The Morgan fingerprint density at radius 3 is 2.61 bits per heavy atom. The van der Waals surface area contributed by atoms with Crippen molar-refractivity contribution in [3.63, 3.8) is 0 Å². The Morgan fingerprint density at radius 1 is 1.26 bits per heavy atom. The van der Waals surface area contributed by atoms with E-state index >= 15 is 0 Å². The number of carboxylic acid groups (broad SMARTS) is 1. The van der Waals surface area contributed by atoms with Gasteiger partial charge in [-0.2, -0.15) is 0 Å². The lowest BCUT2D eigenvalue weighted by atomic mass is 9.93. The van der Waals surface area contributed by atoms with E-state index in [-0.39, 0.29) is 11.9 Å². The second-order valence-electron chi connectivity index (χ2n) is 5.94. The number of carbonyl (C=O) groups is 2. The maximum atomic E-state index is 12.7. The van der Waals surface area contributed by atoms with Crippen molar-refractivity contribution >= 4 is 35.1 Å². The van der Waals surface area contributed by atoms with E-state index in [9.17, 15) is 9.59 Å². The minimum Gasteiger partial charge on any atom is -0.479 e. The SMILES string of the molecule is CC1c2cc(Cl)cc(Cl)c2CCN1C(=O)[C@@H]1CC[C@H](C(=O)O)O1. The number of hydrogen-bond donors (Lipinski definition) is 1. The van der Waals surface area contributed by atoms with Crippen LogP contribution in [0.1, 0.15) is 36.9 Å². The average molecular weight is 358 g/mol. The fraction of sp³-hybridized carbons (Fsp3) is 0.500. The summed E-state index contributed by atoms with van der Waals surface area (Å²) < 4.78 is 5.38. The van der Waals surface area contributed by atoms with Crippen molar-refractivity contribution in [3.8, 4) is 0 Å². The zero-order valence-corrected chi connectivity index (χ0v) is 14.1. The Morgan fingerprint density at radius 2 is 1.96 bits per heavy atom. The van der Waals surface area contributed by atoms with Crippen LogP contribution in [-0.4, -0.2) is 40.6 Å². The molecule has 0 saturated carbocycles. The van der Waals surface area contributed by atoms with E-state index in [1.165, 1.54) is 0 Å². The third kappa shape index (κ3) is 3.05. The molecule has 0 radical (unpaired) electrons. The van der Waals surface area contributed by atoms with Crippen LogP contribution in [0.5, 0.6) is 0 Å². The Labute approximate surface area is 144 Å². The highest BCUT2D eigenvalue weighted by molar-refractivity contribution is 6.35. The van der Waals surface area contributed by atoms with Crippen molar-refractivity contribution < 1.29 is 19.4 Å². The van der Waals surface area contributed by atoms with Crippen LogP contribution in [0.2, 0.25) is 10.0 Å². The minimum atomic E-state index is -1.02. The summed E-state index contributed by atoms with van der Waals surface area (Å²) in [5, 5.41) is 10.1. The van der Waals surface area contributed by atoms with Crippen molar-refractivity contribution in [3.05, 3.63) is 33.3 Å². The zero-order chi connectivity index (χ0) is 16.7. The number of nitrogens with zero attached hydrogens (tertiary/aromatic N) is 1. The topological polar surface area (TPSA) is 66.8 Å². The molecule has 1 aromatic rings. The summed E-state index contributed by atoms with van der Waals surface area (Å²) in [7, 11) is 0. The molecule has 1 amide bonds. The molecule has 124 valence electrons. The van der Waals surface area contributed by atoms with Crippen LogP contribution in [0.4, 0.5) is 0 Å². The highest BCUT2D eigenvalue weighted by atomic mass is 35.5. The average Bonchev–Trinajstić information content (AvgIpc) is 2.98. The van der Waals surface area contributed by atoms with Crippen LogP contribution in [0.3, 0.4) is 0 Å². The summed E-state index contributed by atoms with van der Waals surface area (Å²) in [6, 6.07) is 3.38. The highest BCUT2D eigenvalue weighted by Crippen LogP contribution is 2.37. The van der Waals surface area contributed by atoms with Gasteiger partial charge < -0.3 is 14.7 Å². The molecule has 3 atom stereocenters. The highest BCUT2D eigenvalue weighted by Gasteiger charge is 2.39. The largest absolute Gasteiger partial charge is 0.479 e. The van der Waals surface area contributed by atoms with Crippen LogP contribution in [0.25, 0.3) is 0 Å². The van der Waals surface area contributed by atoms with Crippen LogP contribution < -0.4 is 0 Å². The third-order valence-corrected chi connectivity index (χ3v) is 5.12. The minimum absolute atomic E-state index is 0.164. The molecule has 1 fully saturated rings. The molecule has 1 aromatic carbocycles. The van der Waals surface area contributed by atoms with E-state index in [4.69, 9.17) is 33.0 Å². The molecule has 7 heteroatoms. The van der Waals surface area contributed by atoms with Gasteiger partial charge in [0.25, 0.3) is 5.91 Å². The number of fused-ring (bicyclic) bond motifs is 1. The van der Waals surface area contributed by atoms with Gasteiger partial charge in [-0.15, -0.1) is 0 Å². The Hall–Kier alpha value is -1.30. The van der Waals surface area contributed by atoms with Crippen molar-refractivity contribution in [2.75, 3.05) is 6.54 Å². The van der Waals surface area contributed by atoms with Crippen molar-refractivity contribution in [1.82, 2.24) is 4.90 Å². The number of amides is 1. The molecule has 0 aliphatic carbocycles. The second kappa shape index (κ2) is 6.30. The standard InChI is InChI=1S/C16H17Cl2NO4/c1-8-11-6-9(17)7-12(18)10(11)4-5-19(8)15(20)13-2-3-14(23-13)16(21)22/h6-8,13-14H,2-5H2,1H3,(H,21,22)/t8?,13-,14+/m0/s1. The Balaban J connectivity index is 1.80. The summed E-state index contributed by atoms with van der Waals surface area (Å²) >= 11 is 12.3. The van der Waals surface area contributed by atoms with Crippen molar-refractivity contribution in [1.29, 1.82) is 0 Å². The first-order valence-electron chi connectivity index (χ1n) is 7.55. The van der Waals surface area contributed by atoms with Gasteiger partial charge in [-0.25, -0.2) is 4.79 Å². The zero-order valence-electron chi connectivity index (χ0n) is 12.6. The lowest BCUT2D eigenvalue weighted by molar-refractivity contribution is -0.155. The van der Waals surface area contributed by atoms with Gasteiger partial charge in [-0.1, -0.05) is 23.2 Å². The molecule has 0 bridgehead atoms. The van der Waals surface area contributed by atoms with Gasteiger partial charge in [0.2, 0.25) is 0 Å². The first-order valence-corrected chi connectivity index (χ1v) is 8.30. The number of rotatable bonds is 2. The maximum absolute atomic E-state index is 12.7. The molecule has 2 aliphatic rings. The molecule has 23 heavy (non-hydrogen) atoms. The lowest BCUT2D eigenvalue weighted by Gasteiger charge is -2.37. The van der Waals surface area contributed by atoms with Crippen LogP contribution >= 0.6 is 23.2 Å². The molecular formula is C16H17Cl2NO4. The van der Waals surface area contributed by atoms with Gasteiger partial charge in [-0.3, -0.25) is 4.79 Å². The molecule has 0 aromatic heterocycles. The van der Waals surface area contributed by atoms with E-state index in [1.807, 2.05) is 13.0 Å². The predicted octanol–water partition coefficient (Wildman–Crippen LogP) is 3.07. The van der Waals surface area contributed by atoms with Crippen molar-refractivity contribution in [2.45, 2.75) is 44.4 Å². The van der Waals surface area contributed by atoms with Gasteiger partial charge in [0, 0.05) is 16.6 Å². The van der Waals surface area contributed by atoms with E-state index in [0.717, 1.165) is 11.1 Å². The maximum Gasteiger partial charge on any atom is 0.332 e. The number of hydrogen-bond acceptors (Lipinski definition) is 3. The summed E-state index contributed by atoms with van der Waals surface area (Å²) in [4.78, 5) is 25.4. The smallest absolute Gasteiger partial charge is 0.332 e. The Bertz CT molecular complexity index is 664.